The number of nitriles is 1. The van der Waals surface area contributed by atoms with Gasteiger partial charge in [0.1, 0.15) is 12.4 Å². The van der Waals surface area contributed by atoms with Crippen LogP contribution in [-0.4, -0.2) is 0 Å². The molecule has 0 aliphatic heterocycles. The van der Waals surface area contributed by atoms with Crippen molar-refractivity contribution < 1.29 is 4.74 Å². The normalized spacial score (nSPS) is 10.1. The average molecular weight is 331 g/mol. The van der Waals surface area contributed by atoms with E-state index in [2.05, 4.69) is 22.0 Å². The van der Waals surface area contributed by atoms with Crippen molar-refractivity contribution in [3.8, 4) is 11.8 Å². The van der Waals surface area contributed by atoms with Crippen LogP contribution in [0.5, 0.6) is 5.75 Å². The predicted octanol–water partition coefficient (Wildman–Crippen LogP) is 3.67. The van der Waals surface area contributed by atoms with Gasteiger partial charge in [-0.05, 0) is 53.9 Å². The van der Waals surface area contributed by atoms with Crippen molar-refractivity contribution in [2.45, 2.75) is 20.1 Å². The summed E-state index contributed by atoms with van der Waals surface area (Å²) in [5.74, 6) is 0.789. The maximum atomic E-state index is 8.85. The highest BCUT2D eigenvalue weighted by atomic mass is 79.9. The third-order valence-corrected chi connectivity index (χ3v) is 3.88. The molecular formula is C16H15BrN2O. The fraction of sp³-hybridized carbons (Fsp3) is 0.188. The van der Waals surface area contributed by atoms with Gasteiger partial charge in [-0.2, -0.15) is 5.26 Å². The van der Waals surface area contributed by atoms with Gasteiger partial charge in [0, 0.05) is 11.0 Å². The van der Waals surface area contributed by atoms with Gasteiger partial charge >= 0.3 is 0 Å². The summed E-state index contributed by atoms with van der Waals surface area (Å²) in [5, 5.41) is 8.85. The molecule has 0 atom stereocenters. The first kappa shape index (κ1) is 14.6. The van der Waals surface area contributed by atoms with Crippen molar-refractivity contribution in [1.29, 1.82) is 5.26 Å². The number of nitrogens with zero attached hydrogens (tertiary/aromatic N) is 1. The zero-order valence-electron chi connectivity index (χ0n) is 11.2. The van der Waals surface area contributed by atoms with Gasteiger partial charge in [-0.15, -0.1) is 0 Å². The van der Waals surface area contributed by atoms with Gasteiger partial charge in [-0.3, -0.25) is 0 Å². The number of halogens is 1. The fourth-order valence-corrected chi connectivity index (χ4v) is 2.29. The fourth-order valence-electron chi connectivity index (χ4n) is 1.89. The molecule has 3 nitrogen and oxygen atoms in total. The van der Waals surface area contributed by atoms with E-state index >= 15 is 0 Å². The van der Waals surface area contributed by atoms with E-state index in [1.807, 2.05) is 37.3 Å². The number of rotatable bonds is 4. The van der Waals surface area contributed by atoms with Crippen molar-refractivity contribution in [1.82, 2.24) is 0 Å². The van der Waals surface area contributed by atoms with Crippen LogP contribution in [0.4, 0.5) is 0 Å². The van der Waals surface area contributed by atoms with Crippen LogP contribution in [0.2, 0.25) is 0 Å². The maximum Gasteiger partial charge on any atom is 0.120 e. The van der Waals surface area contributed by atoms with Gasteiger partial charge in [-0.25, -0.2) is 0 Å². The molecule has 2 N–H and O–H groups in total. The van der Waals surface area contributed by atoms with Crippen LogP contribution in [-0.2, 0) is 13.2 Å². The summed E-state index contributed by atoms with van der Waals surface area (Å²) < 4.78 is 6.77. The van der Waals surface area contributed by atoms with E-state index in [-0.39, 0.29) is 0 Å². The highest BCUT2D eigenvalue weighted by Gasteiger charge is 2.04. The van der Waals surface area contributed by atoms with E-state index < -0.39 is 0 Å². The standard InChI is InChI=1S/C16H15BrN2O/c1-11-6-12(8-18)2-3-13(11)10-20-15-4-5-16(17)14(7-15)9-19/h2-7H,9-10,19H2,1H3. The molecule has 0 amide bonds. The van der Waals surface area contributed by atoms with Crippen molar-refractivity contribution in [3.05, 3.63) is 63.1 Å². The van der Waals surface area contributed by atoms with Gasteiger partial charge in [0.15, 0.2) is 0 Å². The molecule has 4 heteroatoms. The van der Waals surface area contributed by atoms with E-state index in [0.29, 0.717) is 18.7 Å². The molecule has 2 aromatic rings. The second-order valence-corrected chi connectivity index (χ2v) is 5.35. The first-order valence-electron chi connectivity index (χ1n) is 6.25. The smallest absolute Gasteiger partial charge is 0.120 e. The molecule has 0 saturated carbocycles. The van der Waals surface area contributed by atoms with Gasteiger partial charge in [0.25, 0.3) is 0 Å². The Morgan fingerprint density at radius 1 is 1.20 bits per heavy atom. The number of hydrogen-bond donors (Lipinski definition) is 1. The summed E-state index contributed by atoms with van der Waals surface area (Å²) in [6, 6.07) is 13.5. The summed E-state index contributed by atoms with van der Waals surface area (Å²) in [5.41, 5.74) is 9.47. The Morgan fingerprint density at radius 3 is 2.65 bits per heavy atom. The van der Waals surface area contributed by atoms with Crippen molar-refractivity contribution >= 4 is 15.9 Å². The lowest BCUT2D eigenvalue weighted by atomic mass is 10.1. The zero-order chi connectivity index (χ0) is 14.5. The quantitative estimate of drug-likeness (QED) is 0.930. The molecule has 0 aliphatic carbocycles. The molecule has 0 saturated heterocycles. The van der Waals surface area contributed by atoms with E-state index in [4.69, 9.17) is 15.7 Å². The van der Waals surface area contributed by atoms with E-state index in [9.17, 15) is 0 Å². The lowest BCUT2D eigenvalue weighted by Crippen LogP contribution is -2.01. The Morgan fingerprint density at radius 2 is 2.00 bits per heavy atom. The SMILES string of the molecule is Cc1cc(C#N)ccc1COc1ccc(Br)c(CN)c1. The molecule has 0 aromatic heterocycles. The topological polar surface area (TPSA) is 59.0 Å². The highest BCUT2D eigenvalue weighted by Crippen LogP contribution is 2.23. The Balaban J connectivity index is 2.11. The molecular weight excluding hydrogens is 316 g/mol. The zero-order valence-corrected chi connectivity index (χ0v) is 12.8. The Hall–Kier alpha value is -1.83. The third kappa shape index (κ3) is 3.38. The van der Waals surface area contributed by atoms with Crippen LogP contribution in [0.3, 0.4) is 0 Å². The predicted molar refractivity (Wildman–Crippen MR) is 82.3 cm³/mol. The molecule has 2 rings (SSSR count). The van der Waals surface area contributed by atoms with Gasteiger partial charge in [-0.1, -0.05) is 22.0 Å². The molecule has 0 aliphatic rings. The number of nitrogens with two attached hydrogens (primary N) is 1. The molecule has 20 heavy (non-hydrogen) atoms. The van der Waals surface area contributed by atoms with Crippen molar-refractivity contribution in [2.75, 3.05) is 0 Å². The van der Waals surface area contributed by atoms with E-state index in [1.54, 1.807) is 6.07 Å². The number of hydrogen-bond acceptors (Lipinski definition) is 3. The van der Waals surface area contributed by atoms with E-state index in [1.165, 1.54) is 0 Å². The van der Waals surface area contributed by atoms with Gasteiger partial charge in [0.2, 0.25) is 0 Å². The first-order chi connectivity index (χ1) is 9.63. The van der Waals surface area contributed by atoms with Crippen LogP contribution < -0.4 is 10.5 Å². The molecule has 0 unspecified atom stereocenters. The maximum absolute atomic E-state index is 8.85. The summed E-state index contributed by atoms with van der Waals surface area (Å²) in [6.45, 7) is 2.92. The Labute approximate surface area is 127 Å². The van der Waals surface area contributed by atoms with Crippen molar-refractivity contribution in [3.63, 3.8) is 0 Å². The second-order valence-electron chi connectivity index (χ2n) is 4.50. The van der Waals surface area contributed by atoms with E-state index in [0.717, 1.165) is 26.9 Å². The summed E-state index contributed by atoms with van der Waals surface area (Å²) in [4.78, 5) is 0. The summed E-state index contributed by atoms with van der Waals surface area (Å²) >= 11 is 3.45. The molecule has 0 fully saturated rings. The average Bonchev–Trinajstić information content (AvgIpc) is 2.47. The third-order valence-electron chi connectivity index (χ3n) is 3.10. The molecule has 0 radical (unpaired) electrons. The number of aryl methyl sites for hydroxylation is 1. The van der Waals surface area contributed by atoms with Gasteiger partial charge in [0.05, 0.1) is 11.6 Å². The Kier molecular flexibility index (Phi) is 4.78. The summed E-state index contributed by atoms with van der Waals surface area (Å²) in [6.07, 6.45) is 0. The molecule has 0 bridgehead atoms. The molecule has 2 aromatic carbocycles. The molecule has 0 spiro atoms. The van der Waals surface area contributed by atoms with Crippen LogP contribution in [0.15, 0.2) is 40.9 Å². The monoisotopic (exact) mass is 330 g/mol. The van der Waals surface area contributed by atoms with Crippen LogP contribution in [0, 0.1) is 18.3 Å². The van der Waals surface area contributed by atoms with Crippen molar-refractivity contribution in [2.24, 2.45) is 5.73 Å². The van der Waals surface area contributed by atoms with Crippen LogP contribution in [0.1, 0.15) is 22.3 Å². The lowest BCUT2D eigenvalue weighted by Gasteiger charge is -2.10. The minimum atomic E-state index is 0.466. The van der Waals surface area contributed by atoms with Gasteiger partial charge < -0.3 is 10.5 Å². The first-order valence-corrected chi connectivity index (χ1v) is 7.04. The van der Waals surface area contributed by atoms with Crippen LogP contribution >= 0.6 is 15.9 Å². The molecule has 0 heterocycles. The minimum Gasteiger partial charge on any atom is -0.489 e. The van der Waals surface area contributed by atoms with Crippen LogP contribution in [0.25, 0.3) is 0 Å². The lowest BCUT2D eigenvalue weighted by molar-refractivity contribution is 0.305. The highest BCUT2D eigenvalue weighted by molar-refractivity contribution is 9.10. The minimum absolute atomic E-state index is 0.466. The number of benzene rings is 2. The largest absolute Gasteiger partial charge is 0.489 e. The summed E-state index contributed by atoms with van der Waals surface area (Å²) in [7, 11) is 0. The number of ether oxygens (including phenoxy) is 1. The Bertz CT molecular complexity index is 662. The second kappa shape index (κ2) is 6.56. The molecule has 102 valence electrons.